The van der Waals surface area contributed by atoms with Gasteiger partial charge in [-0.15, -0.1) is 0 Å². The van der Waals surface area contributed by atoms with Crippen LogP contribution in [0.15, 0.2) is 6.33 Å². The Kier molecular flexibility index (Phi) is 2.21. The monoisotopic (exact) mass is 238 g/mol. The van der Waals surface area contributed by atoms with Crippen LogP contribution in [0.2, 0.25) is 5.02 Å². The van der Waals surface area contributed by atoms with Gasteiger partial charge in [0.1, 0.15) is 23.0 Å². The molecule has 2 aliphatic carbocycles. The maximum absolute atomic E-state index is 6.03. The molecule has 0 aromatic carbocycles. The molecular weight excluding hydrogens is 224 g/mol. The van der Waals surface area contributed by atoms with Crippen molar-refractivity contribution in [3.8, 4) is 0 Å². The SMILES string of the molecule is Nc1ncnc(NCC2(C3CC3)CC2)c1Cl. The van der Waals surface area contributed by atoms with Crippen LogP contribution in [0.25, 0.3) is 0 Å². The second-order valence-electron chi connectivity index (χ2n) is 4.91. The van der Waals surface area contributed by atoms with Gasteiger partial charge in [-0.05, 0) is 37.0 Å². The minimum atomic E-state index is 0.343. The zero-order valence-electron chi connectivity index (χ0n) is 9.04. The maximum atomic E-state index is 6.03. The van der Waals surface area contributed by atoms with Crippen LogP contribution in [-0.2, 0) is 0 Å². The number of anilines is 2. The topological polar surface area (TPSA) is 63.8 Å². The normalized spacial score (nSPS) is 21.8. The first-order valence-electron chi connectivity index (χ1n) is 5.71. The summed E-state index contributed by atoms with van der Waals surface area (Å²) in [7, 11) is 0. The first-order chi connectivity index (χ1) is 7.71. The van der Waals surface area contributed by atoms with Crippen molar-refractivity contribution in [3.05, 3.63) is 11.3 Å². The van der Waals surface area contributed by atoms with Gasteiger partial charge in [0.15, 0.2) is 0 Å². The summed E-state index contributed by atoms with van der Waals surface area (Å²) in [6, 6.07) is 0. The smallest absolute Gasteiger partial charge is 0.150 e. The fourth-order valence-electron chi connectivity index (χ4n) is 2.35. The largest absolute Gasteiger partial charge is 0.382 e. The fraction of sp³-hybridized carbons (Fsp3) is 0.636. The van der Waals surface area contributed by atoms with Crippen LogP contribution in [0, 0.1) is 11.3 Å². The Morgan fingerprint density at radius 2 is 2.19 bits per heavy atom. The molecule has 1 aromatic heterocycles. The molecule has 1 heterocycles. The minimum absolute atomic E-state index is 0.343. The summed E-state index contributed by atoms with van der Waals surface area (Å²) < 4.78 is 0. The van der Waals surface area contributed by atoms with E-state index in [9.17, 15) is 0 Å². The highest BCUT2D eigenvalue weighted by molar-refractivity contribution is 6.35. The number of aromatic nitrogens is 2. The highest BCUT2D eigenvalue weighted by atomic mass is 35.5. The van der Waals surface area contributed by atoms with Crippen LogP contribution >= 0.6 is 11.6 Å². The molecule has 0 unspecified atom stereocenters. The molecule has 3 N–H and O–H groups in total. The number of nitrogens with two attached hydrogens (primary N) is 1. The summed E-state index contributed by atoms with van der Waals surface area (Å²) in [4.78, 5) is 7.96. The molecule has 4 nitrogen and oxygen atoms in total. The van der Waals surface area contributed by atoms with Crippen molar-refractivity contribution in [2.75, 3.05) is 17.6 Å². The van der Waals surface area contributed by atoms with Crippen molar-refractivity contribution < 1.29 is 0 Å². The van der Waals surface area contributed by atoms with E-state index in [1.807, 2.05) is 0 Å². The van der Waals surface area contributed by atoms with Crippen molar-refractivity contribution in [3.63, 3.8) is 0 Å². The van der Waals surface area contributed by atoms with E-state index in [-0.39, 0.29) is 0 Å². The fourth-order valence-corrected chi connectivity index (χ4v) is 2.52. The van der Waals surface area contributed by atoms with Gasteiger partial charge in [0, 0.05) is 6.54 Å². The number of rotatable bonds is 4. The molecule has 3 rings (SSSR count). The lowest BCUT2D eigenvalue weighted by atomic mass is 10.0. The zero-order valence-corrected chi connectivity index (χ0v) is 9.80. The average molecular weight is 239 g/mol. The van der Waals surface area contributed by atoms with Crippen LogP contribution in [0.1, 0.15) is 25.7 Å². The molecule has 0 aliphatic heterocycles. The lowest BCUT2D eigenvalue weighted by Crippen LogP contribution is -2.18. The van der Waals surface area contributed by atoms with Crippen LogP contribution in [0.5, 0.6) is 0 Å². The lowest BCUT2D eigenvalue weighted by molar-refractivity contribution is 0.466. The van der Waals surface area contributed by atoms with Crippen molar-refractivity contribution in [1.82, 2.24) is 9.97 Å². The highest BCUT2D eigenvalue weighted by Crippen LogP contribution is 2.61. The molecule has 2 saturated carbocycles. The predicted molar refractivity (Wildman–Crippen MR) is 64.3 cm³/mol. The van der Waals surface area contributed by atoms with Gasteiger partial charge in [0.25, 0.3) is 0 Å². The molecule has 1 aromatic rings. The lowest BCUT2D eigenvalue weighted by Gasteiger charge is -2.16. The molecule has 0 radical (unpaired) electrons. The summed E-state index contributed by atoms with van der Waals surface area (Å²) in [6.07, 6.45) is 6.90. The molecule has 16 heavy (non-hydrogen) atoms. The van der Waals surface area contributed by atoms with Crippen molar-refractivity contribution in [2.24, 2.45) is 11.3 Å². The van der Waals surface area contributed by atoms with E-state index in [0.29, 0.717) is 22.1 Å². The third-order valence-electron chi connectivity index (χ3n) is 3.76. The first kappa shape index (κ1) is 10.1. The second kappa shape index (κ2) is 3.48. The Morgan fingerprint density at radius 1 is 1.44 bits per heavy atom. The van der Waals surface area contributed by atoms with E-state index in [1.54, 1.807) is 0 Å². The second-order valence-corrected chi connectivity index (χ2v) is 5.29. The maximum Gasteiger partial charge on any atom is 0.150 e. The van der Waals surface area contributed by atoms with Crippen molar-refractivity contribution in [1.29, 1.82) is 0 Å². The summed E-state index contributed by atoms with van der Waals surface area (Å²) in [5.41, 5.74) is 6.16. The van der Waals surface area contributed by atoms with Gasteiger partial charge in [-0.1, -0.05) is 11.6 Å². The van der Waals surface area contributed by atoms with E-state index < -0.39 is 0 Å². The minimum Gasteiger partial charge on any atom is -0.382 e. The molecular formula is C11H15ClN4. The number of hydrogen-bond donors (Lipinski definition) is 2. The van der Waals surface area contributed by atoms with Gasteiger partial charge in [-0.3, -0.25) is 0 Å². The van der Waals surface area contributed by atoms with Gasteiger partial charge in [0.2, 0.25) is 0 Å². The van der Waals surface area contributed by atoms with E-state index in [0.717, 1.165) is 12.5 Å². The molecule has 2 fully saturated rings. The molecule has 2 aliphatic rings. The summed E-state index contributed by atoms with van der Waals surface area (Å²) in [6.45, 7) is 0.966. The third-order valence-corrected chi connectivity index (χ3v) is 4.13. The number of hydrogen-bond acceptors (Lipinski definition) is 4. The van der Waals surface area contributed by atoms with Gasteiger partial charge < -0.3 is 11.1 Å². The van der Waals surface area contributed by atoms with Crippen LogP contribution in [-0.4, -0.2) is 16.5 Å². The zero-order chi connectivity index (χ0) is 11.2. The van der Waals surface area contributed by atoms with E-state index in [2.05, 4.69) is 15.3 Å². The summed E-state index contributed by atoms with van der Waals surface area (Å²) in [5.74, 6) is 1.94. The van der Waals surface area contributed by atoms with Crippen LogP contribution < -0.4 is 11.1 Å². The Hall–Kier alpha value is -1.03. The Labute approximate surface area is 99.6 Å². The van der Waals surface area contributed by atoms with E-state index in [4.69, 9.17) is 17.3 Å². The first-order valence-corrected chi connectivity index (χ1v) is 6.09. The summed E-state index contributed by atoms with van der Waals surface area (Å²) >= 11 is 6.03. The van der Waals surface area contributed by atoms with Gasteiger partial charge in [-0.25, -0.2) is 9.97 Å². The van der Waals surface area contributed by atoms with E-state index in [1.165, 1.54) is 32.0 Å². The molecule has 0 spiro atoms. The molecule has 5 heteroatoms. The van der Waals surface area contributed by atoms with Crippen molar-refractivity contribution >= 4 is 23.2 Å². The molecule has 0 bridgehead atoms. The molecule has 86 valence electrons. The van der Waals surface area contributed by atoms with Gasteiger partial charge in [0.05, 0.1) is 0 Å². The third kappa shape index (κ3) is 1.71. The number of nitrogens with one attached hydrogen (secondary N) is 1. The molecule has 0 amide bonds. The number of halogens is 1. The van der Waals surface area contributed by atoms with Gasteiger partial charge >= 0.3 is 0 Å². The standard InChI is InChI=1S/C11H15ClN4/c12-8-9(13)15-6-16-10(8)14-5-11(3-4-11)7-1-2-7/h6-7H,1-5H2,(H3,13,14,15,16). The van der Waals surface area contributed by atoms with Gasteiger partial charge in [-0.2, -0.15) is 0 Å². The number of nitrogen functional groups attached to an aromatic ring is 1. The Bertz CT molecular complexity index is 412. The Balaban J connectivity index is 1.68. The number of nitrogens with zero attached hydrogens (tertiary/aromatic N) is 2. The summed E-state index contributed by atoms with van der Waals surface area (Å²) in [5, 5.41) is 3.75. The van der Waals surface area contributed by atoms with Crippen LogP contribution in [0.3, 0.4) is 0 Å². The molecule has 0 atom stereocenters. The average Bonchev–Trinajstić information content (AvgIpc) is 3.14. The molecule has 0 saturated heterocycles. The highest BCUT2D eigenvalue weighted by Gasteiger charge is 2.53. The Morgan fingerprint density at radius 3 is 2.81 bits per heavy atom. The van der Waals surface area contributed by atoms with Crippen molar-refractivity contribution in [2.45, 2.75) is 25.7 Å². The van der Waals surface area contributed by atoms with Crippen LogP contribution in [0.4, 0.5) is 11.6 Å². The quantitative estimate of drug-likeness (QED) is 0.845. The predicted octanol–water partition coefficient (Wildman–Crippen LogP) is 2.31. The van der Waals surface area contributed by atoms with E-state index >= 15 is 0 Å².